The van der Waals surface area contributed by atoms with Crippen LogP contribution in [0.3, 0.4) is 0 Å². The SMILES string of the molecule is C=CC1(C)c2ccccc2N2c3nccc(C(F)(F)F)c3N(c3ccccc3C)C2C1(C)C. The molecule has 6 heteroatoms. The number of aryl methyl sites for hydroxylation is 1. The maximum Gasteiger partial charge on any atom is 0.418 e. The minimum Gasteiger partial charge on any atom is -0.316 e. The number of hydrogen-bond donors (Lipinski definition) is 0. The number of nitrogens with zero attached hydrogens (tertiary/aromatic N) is 3. The Kier molecular flexibility index (Phi) is 4.48. The molecule has 0 aliphatic carbocycles. The monoisotopic (exact) mass is 449 g/mol. The number of anilines is 4. The van der Waals surface area contributed by atoms with Crippen molar-refractivity contribution in [3.63, 3.8) is 0 Å². The summed E-state index contributed by atoms with van der Waals surface area (Å²) >= 11 is 0. The van der Waals surface area contributed by atoms with Crippen molar-refractivity contribution in [1.82, 2.24) is 4.98 Å². The second-order valence-electron chi connectivity index (χ2n) is 9.57. The molecule has 0 bridgehead atoms. The van der Waals surface area contributed by atoms with Gasteiger partial charge in [-0.2, -0.15) is 13.2 Å². The highest BCUT2D eigenvalue weighted by molar-refractivity contribution is 5.91. The summed E-state index contributed by atoms with van der Waals surface area (Å²) < 4.78 is 43.0. The third kappa shape index (κ3) is 2.73. The zero-order chi connectivity index (χ0) is 23.8. The van der Waals surface area contributed by atoms with Crippen LogP contribution in [-0.4, -0.2) is 11.1 Å². The molecule has 0 saturated heterocycles. The molecular formula is C27H26F3N3. The average molecular weight is 450 g/mol. The van der Waals surface area contributed by atoms with Gasteiger partial charge < -0.3 is 9.80 Å². The van der Waals surface area contributed by atoms with E-state index in [1.165, 1.54) is 6.20 Å². The first-order chi connectivity index (χ1) is 15.5. The van der Waals surface area contributed by atoms with Crippen LogP contribution >= 0.6 is 0 Å². The highest BCUT2D eigenvalue weighted by atomic mass is 19.4. The number of allylic oxidation sites excluding steroid dienone is 1. The van der Waals surface area contributed by atoms with Gasteiger partial charge in [0.1, 0.15) is 6.17 Å². The van der Waals surface area contributed by atoms with E-state index in [1.807, 2.05) is 71.3 Å². The Morgan fingerprint density at radius 3 is 2.21 bits per heavy atom. The number of aromatic nitrogens is 1. The molecule has 3 aromatic rings. The van der Waals surface area contributed by atoms with Crippen LogP contribution in [-0.2, 0) is 11.6 Å². The van der Waals surface area contributed by atoms with Crippen LogP contribution < -0.4 is 9.80 Å². The molecule has 1 aromatic heterocycles. The summed E-state index contributed by atoms with van der Waals surface area (Å²) in [6.07, 6.45) is -1.77. The first-order valence-corrected chi connectivity index (χ1v) is 11.0. The van der Waals surface area contributed by atoms with E-state index < -0.39 is 28.7 Å². The molecule has 0 amide bonds. The summed E-state index contributed by atoms with van der Waals surface area (Å²) in [5.41, 5.74) is 1.91. The molecule has 170 valence electrons. The molecule has 2 aliphatic rings. The number of benzene rings is 2. The summed E-state index contributed by atoms with van der Waals surface area (Å²) in [6.45, 7) is 12.4. The van der Waals surface area contributed by atoms with Gasteiger partial charge in [-0.15, -0.1) is 6.58 Å². The molecule has 2 aromatic carbocycles. The lowest BCUT2D eigenvalue weighted by Gasteiger charge is -2.56. The average Bonchev–Trinajstić information content (AvgIpc) is 3.13. The van der Waals surface area contributed by atoms with Crippen LogP contribution in [0.2, 0.25) is 0 Å². The smallest absolute Gasteiger partial charge is 0.316 e. The topological polar surface area (TPSA) is 19.4 Å². The van der Waals surface area contributed by atoms with Gasteiger partial charge in [0.15, 0.2) is 5.82 Å². The van der Waals surface area contributed by atoms with Crippen LogP contribution in [0.5, 0.6) is 0 Å². The Morgan fingerprint density at radius 2 is 1.58 bits per heavy atom. The van der Waals surface area contributed by atoms with Crippen molar-refractivity contribution in [2.45, 2.75) is 45.5 Å². The summed E-state index contributed by atoms with van der Waals surface area (Å²) in [5.74, 6) is 0.324. The van der Waals surface area contributed by atoms with Crippen molar-refractivity contribution in [2.24, 2.45) is 5.41 Å². The number of alkyl halides is 3. The lowest BCUT2D eigenvalue weighted by Crippen LogP contribution is -2.60. The van der Waals surface area contributed by atoms with Crippen LogP contribution in [0.1, 0.15) is 37.5 Å². The van der Waals surface area contributed by atoms with Gasteiger partial charge in [-0.05, 0) is 36.2 Å². The van der Waals surface area contributed by atoms with Crippen LogP contribution in [0, 0.1) is 12.3 Å². The second kappa shape index (κ2) is 6.86. The van der Waals surface area contributed by atoms with E-state index in [0.29, 0.717) is 5.82 Å². The summed E-state index contributed by atoms with van der Waals surface area (Å²) in [6, 6.07) is 16.5. The van der Waals surface area contributed by atoms with Crippen molar-refractivity contribution < 1.29 is 13.2 Å². The molecule has 2 aliphatic heterocycles. The quantitative estimate of drug-likeness (QED) is 0.378. The third-order valence-corrected chi connectivity index (χ3v) is 7.66. The predicted octanol–water partition coefficient (Wildman–Crippen LogP) is 7.51. The summed E-state index contributed by atoms with van der Waals surface area (Å²) in [4.78, 5) is 8.35. The molecule has 0 spiro atoms. The van der Waals surface area contributed by atoms with Crippen molar-refractivity contribution >= 4 is 22.9 Å². The Bertz CT molecular complexity index is 1260. The molecule has 0 radical (unpaired) electrons. The standard InChI is InChI=1S/C27H26F3N3/c1-6-26(5)18-12-8-10-14-21(18)33-23-22(19(15-16-31-23)27(28,29)30)32(24(33)25(26,3)4)20-13-9-7-11-17(20)2/h6-16,24H,1H2,2-5H3. The fourth-order valence-corrected chi connectivity index (χ4v) is 5.53. The number of hydrogen-bond acceptors (Lipinski definition) is 3. The number of fused-ring (bicyclic) bond motifs is 5. The minimum atomic E-state index is -4.52. The molecule has 5 rings (SSSR count). The molecule has 2 atom stereocenters. The van der Waals surface area contributed by atoms with E-state index in [0.717, 1.165) is 28.6 Å². The van der Waals surface area contributed by atoms with E-state index in [4.69, 9.17) is 0 Å². The normalized spacial score (nSPS) is 23.1. The zero-order valence-electron chi connectivity index (χ0n) is 19.1. The molecule has 33 heavy (non-hydrogen) atoms. The van der Waals surface area contributed by atoms with Gasteiger partial charge in [-0.25, -0.2) is 4.98 Å². The number of para-hydroxylation sites is 2. The Hall–Kier alpha value is -3.28. The van der Waals surface area contributed by atoms with Crippen LogP contribution in [0.15, 0.2) is 73.4 Å². The number of pyridine rings is 1. The van der Waals surface area contributed by atoms with Gasteiger partial charge in [0.2, 0.25) is 0 Å². The van der Waals surface area contributed by atoms with Crippen molar-refractivity contribution in [2.75, 3.05) is 9.80 Å². The van der Waals surface area contributed by atoms with Crippen molar-refractivity contribution in [3.8, 4) is 0 Å². The van der Waals surface area contributed by atoms with E-state index in [1.54, 1.807) is 0 Å². The fourth-order valence-electron chi connectivity index (χ4n) is 5.53. The van der Waals surface area contributed by atoms with E-state index in [2.05, 4.69) is 32.3 Å². The number of halogens is 3. The highest BCUT2D eigenvalue weighted by Crippen LogP contribution is 2.63. The predicted molar refractivity (Wildman–Crippen MR) is 126 cm³/mol. The first kappa shape index (κ1) is 21.6. The zero-order valence-corrected chi connectivity index (χ0v) is 19.1. The van der Waals surface area contributed by atoms with Crippen molar-refractivity contribution in [1.29, 1.82) is 0 Å². The Balaban J connectivity index is 1.92. The molecule has 3 heterocycles. The van der Waals surface area contributed by atoms with Gasteiger partial charge in [0.05, 0.1) is 11.3 Å². The van der Waals surface area contributed by atoms with Gasteiger partial charge in [-0.1, -0.05) is 63.2 Å². The first-order valence-electron chi connectivity index (χ1n) is 11.0. The van der Waals surface area contributed by atoms with Gasteiger partial charge in [-0.3, -0.25) is 0 Å². The molecule has 2 unspecified atom stereocenters. The molecule has 3 nitrogen and oxygen atoms in total. The van der Waals surface area contributed by atoms with Crippen LogP contribution in [0.25, 0.3) is 0 Å². The van der Waals surface area contributed by atoms with E-state index >= 15 is 0 Å². The lowest BCUT2D eigenvalue weighted by molar-refractivity contribution is -0.137. The van der Waals surface area contributed by atoms with Gasteiger partial charge in [0, 0.05) is 28.4 Å². The van der Waals surface area contributed by atoms with Crippen molar-refractivity contribution in [3.05, 3.63) is 90.1 Å². The van der Waals surface area contributed by atoms with E-state index in [9.17, 15) is 13.2 Å². The molecule has 0 fully saturated rings. The maximum absolute atomic E-state index is 14.3. The summed E-state index contributed by atoms with van der Waals surface area (Å²) in [7, 11) is 0. The Morgan fingerprint density at radius 1 is 0.939 bits per heavy atom. The number of rotatable bonds is 2. The molecule has 0 N–H and O–H groups in total. The minimum absolute atomic E-state index is 0.0977. The highest BCUT2D eigenvalue weighted by Gasteiger charge is 2.60. The molecule has 0 saturated carbocycles. The maximum atomic E-state index is 14.3. The lowest BCUT2D eigenvalue weighted by atomic mass is 9.58. The van der Waals surface area contributed by atoms with Gasteiger partial charge in [0.25, 0.3) is 0 Å². The largest absolute Gasteiger partial charge is 0.418 e. The van der Waals surface area contributed by atoms with Gasteiger partial charge >= 0.3 is 6.18 Å². The van der Waals surface area contributed by atoms with E-state index in [-0.39, 0.29) is 5.69 Å². The van der Waals surface area contributed by atoms with Crippen LogP contribution in [0.4, 0.5) is 36.1 Å². The molecular weight excluding hydrogens is 423 g/mol. The Labute approximate surface area is 192 Å². The third-order valence-electron chi connectivity index (χ3n) is 7.66. The second-order valence-corrected chi connectivity index (χ2v) is 9.57. The summed E-state index contributed by atoms with van der Waals surface area (Å²) in [5, 5.41) is 0. The fraction of sp³-hybridized carbons (Fsp3) is 0.296.